The smallest absolute Gasteiger partial charge is 0.0678 e. The van der Waals surface area contributed by atoms with Crippen LogP contribution in [0.1, 0.15) is 25.7 Å². The van der Waals surface area contributed by atoms with E-state index in [4.69, 9.17) is 10.5 Å². The maximum atomic E-state index is 5.67. The summed E-state index contributed by atoms with van der Waals surface area (Å²) >= 11 is 0. The second kappa shape index (κ2) is 2.46. The Kier molecular flexibility index (Phi) is 1.69. The quantitative estimate of drug-likeness (QED) is 0.649. The first kappa shape index (κ1) is 7.56. The number of hydrogen-bond donors (Lipinski definition) is 1. The van der Waals surface area contributed by atoms with Crippen LogP contribution in [0.2, 0.25) is 0 Å². The number of hydrogen-bond acceptors (Lipinski definition) is 2. The Morgan fingerprint density at radius 3 is 2.45 bits per heavy atom. The van der Waals surface area contributed by atoms with Gasteiger partial charge in [-0.1, -0.05) is 12.8 Å². The zero-order valence-electron chi connectivity index (χ0n) is 7.18. The average Bonchev–Trinajstić information content (AvgIpc) is 2.39. The molecule has 0 radical (unpaired) electrons. The third kappa shape index (κ3) is 0.859. The van der Waals surface area contributed by atoms with Crippen molar-refractivity contribution in [2.45, 2.75) is 31.8 Å². The summed E-state index contributed by atoms with van der Waals surface area (Å²) < 4.78 is 5.42. The Bertz CT molecular complexity index is 140. The molecule has 64 valence electrons. The lowest BCUT2D eigenvalue weighted by Crippen LogP contribution is -2.07. The first-order chi connectivity index (χ1) is 5.35. The first-order valence-electron chi connectivity index (χ1n) is 4.58. The second-order valence-corrected chi connectivity index (χ2v) is 3.94. The van der Waals surface area contributed by atoms with Crippen LogP contribution in [0.5, 0.6) is 0 Å². The fourth-order valence-electron chi connectivity index (χ4n) is 2.98. The highest BCUT2D eigenvalue weighted by atomic mass is 16.5. The predicted molar refractivity (Wildman–Crippen MR) is 44.2 cm³/mol. The van der Waals surface area contributed by atoms with Crippen LogP contribution in [0.4, 0.5) is 0 Å². The minimum Gasteiger partial charge on any atom is -0.381 e. The molecular formula is C9H17NO. The van der Waals surface area contributed by atoms with Crippen molar-refractivity contribution < 1.29 is 4.74 Å². The van der Waals surface area contributed by atoms with Crippen molar-refractivity contribution in [3.8, 4) is 0 Å². The Hall–Kier alpha value is -0.0800. The van der Waals surface area contributed by atoms with Gasteiger partial charge in [-0.3, -0.25) is 0 Å². The van der Waals surface area contributed by atoms with Crippen LogP contribution in [-0.4, -0.2) is 19.8 Å². The van der Waals surface area contributed by atoms with E-state index in [1.807, 2.05) is 7.11 Å². The fraction of sp³-hybridized carbons (Fsp3) is 1.00. The zero-order valence-corrected chi connectivity index (χ0v) is 7.18. The largest absolute Gasteiger partial charge is 0.381 e. The molecule has 0 aromatic rings. The molecule has 2 nitrogen and oxygen atoms in total. The summed E-state index contributed by atoms with van der Waals surface area (Å²) in [5.74, 6) is 0.676. The van der Waals surface area contributed by atoms with Gasteiger partial charge in [-0.05, 0) is 19.4 Å². The van der Waals surface area contributed by atoms with Gasteiger partial charge >= 0.3 is 0 Å². The van der Waals surface area contributed by atoms with E-state index in [9.17, 15) is 0 Å². The normalized spacial score (nSPS) is 39.8. The van der Waals surface area contributed by atoms with E-state index in [-0.39, 0.29) is 0 Å². The van der Waals surface area contributed by atoms with E-state index in [0.29, 0.717) is 17.4 Å². The predicted octanol–water partition coefficient (Wildman–Crippen LogP) is 1.15. The zero-order chi connectivity index (χ0) is 7.90. The van der Waals surface area contributed by atoms with Gasteiger partial charge in [0.15, 0.2) is 0 Å². The van der Waals surface area contributed by atoms with E-state index >= 15 is 0 Å². The number of ether oxygens (including phenoxy) is 1. The molecule has 0 amide bonds. The van der Waals surface area contributed by atoms with E-state index in [1.165, 1.54) is 25.7 Å². The molecule has 2 heteroatoms. The Balaban J connectivity index is 2.04. The summed E-state index contributed by atoms with van der Waals surface area (Å²) in [6, 6.07) is 0. The molecule has 2 fully saturated rings. The molecule has 0 unspecified atom stereocenters. The molecule has 2 atom stereocenters. The summed E-state index contributed by atoms with van der Waals surface area (Å²) in [7, 11) is 1.82. The van der Waals surface area contributed by atoms with Gasteiger partial charge in [-0.2, -0.15) is 0 Å². The highest BCUT2D eigenvalue weighted by Crippen LogP contribution is 2.63. The van der Waals surface area contributed by atoms with Gasteiger partial charge in [0.1, 0.15) is 0 Å². The number of rotatable bonds is 2. The molecule has 1 spiro atoms. The average molecular weight is 155 g/mol. The molecular weight excluding hydrogens is 138 g/mol. The molecule has 0 bridgehead atoms. The van der Waals surface area contributed by atoms with Gasteiger partial charge in [-0.15, -0.1) is 0 Å². The van der Waals surface area contributed by atoms with Crippen molar-refractivity contribution in [2.24, 2.45) is 17.1 Å². The standard InChI is InChI=1S/C9H17NO/c1-11-8-7(6-10)9(8)4-2-3-5-9/h7-8H,2-6,10H2,1H3/t7-,8+/m0/s1. The summed E-state index contributed by atoms with van der Waals surface area (Å²) in [6.07, 6.45) is 5.98. The molecule has 11 heavy (non-hydrogen) atoms. The topological polar surface area (TPSA) is 35.2 Å². The fourth-order valence-corrected chi connectivity index (χ4v) is 2.98. The van der Waals surface area contributed by atoms with Gasteiger partial charge in [0.25, 0.3) is 0 Å². The van der Waals surface area contributed by atoms with Gasteiger partial charge in [0.2, 0.25) is 0 Å². The third-order valence-corrected chi connectivity index (χ3v) is 3.60. The number of methoxy groups -OCH3 is 1. The summed E-state index contributed by atoms with van der Waals surface area (Å²) in [5.41, 5.74) is 6.21. The molecule has 0 aliphatic heterocycles. The van der Waals surface area contributed by atoms with Gasteiger partial charge in [0, 0.05) is 18.4 Å². The van der Waals surface area contributed by atoms with Crippen LogP contribution >= 0.6 is 0 Å². The molecule has 0 heterocycles. The molecule has 2 rings (SSSR count). The lowest BCUT2D eigenvalue weighted by Gasteiger charge is -2.05. The van der Waals surface area contributed by atoms with E-state index in [0.717, 1.165) is 6.54 Å². The minimum absolute atomic E-state index is 0.495. The second-order valence-electron chi connectivity index (χ2n) is 3.94. The summed E-state index contributed by atoms with van der Waals surface area (Å²) in [5, 5.41) is 0. The Morgan fingerprint density at radius 2 is 2.09 bits per heavy atom. The molecule has 0 aromatic carbocycles. The summed E-state index contributed by atoms with van der Waals surface area (Å²) in [4.78, 5) is 0. The summed E-state index contributed by atoms with van der Waals surface area (Å²) in [6.45, 7) is 0.818. The van der Waals surface area contributed by atoms with Crippen LogP contribution in [0.3, 0.4) is 0 Å². The number of nitrogens with two attached hydrogens (primary N) is 1. The van der Waals surface area contributed by atoms with Crippen LogP contribution < -0.4 is 5.73 Å². The molecule has 2 N–H and O–H groups in total. The van der Waals surface area contributed by atoms with Gasteiger partial charge < -0.3 is 10.5 Å². The van der Waals surface area contributed by atoms with Crippen molar-refractivity contribution >= 4 is 0 Å². The lowest BCUT2D eigenvalue weighted by molar-refractivity contribution is 0.141. The molecule has 2 aliphatic carbocycles. The van der Waals surface area contributed by atoms with Gasteiger partial charge in [0.05, 0.1) is 6.10 Å². The van der Waals surface area contributed by atoms with Crippen molar-refractivity contribution in [1.29, 1.82) is 0 Å². The molecule has 2 saturated carbocycles. The highest BCUT2D eigenvalue weighted by Gasteiger charge is 2.64. The lowest BCUT2D eigenvalue weighted by atomic mass is 10.0. The maximum absolute atomic E-state index is 5.67. The molecule has 0 aromatic heterocycles. The van der Waals surface area contributed by atoms with Crippen LogP contribution in [0, 0.1) is 11.3 Å². The van der Waals surface area contributed by atoms with E-state index in [1.54, 1.807) is 0 Å². The third-order valence-electron chi connectivity index (χ3n) is 3.60. The Labute approximate surface area is 68.1 Å². The van der Waals surface area contributed by atoms with Crippen molar-refractivity contribution in [3.05, 3.63) is 0 Å². The van der Waals surface area contributed by atoms with Crippen LogP contribution in [0.25, 0.3) is 0 Å². The first-order valence-corrected chi connectivity index (χ1v) is 4.58. The van der Waals surface area contributed by atoms with Crippen molar-refractivity contribution in [3.63, 3.8) is 0 Å². The molecule has 2 aliphatic rings. The highest BCUT2D eigenvalue weighted by molar-refractivity contribution is 5.14. The monoisotopic (exact) mass is 155 g/mol. The Morgan fingerprint density at radius 1 is 1.45 bits per heavy atom. The van der Waals surface area contributed by atoms with E-state index < -0.39 is 0 Å². The molecule has 0 saturated heterocycles. The maximum Gasteiger partial charge on any atom is 0.0678 e. The van der Waals surface area contributed by atoms with Crippen molar-refractivity contribution in [1.82, 2.24) is 0 Å². The van der Waals surface area contributed by atoms with Crippen molar-refractivity contribution in [2.75, 3.05) is 13.7 Å². The van der Waals surface area contributed by atoms with Crippen LogP contribution in [0.15, 0.2) is 0 Å². The SMILES string of the molecule is CO[C@@H]1[C@H](CN)C12CCCC2. The minimum atomic E-state index is 0.495. The van der Waals surface area contributed by atoms with E-state index in [2.05, 4.69) is 0 Å². The van der Waals surface area contributed by atoms with Gasteiger partial charge in [-0.25, -0.2) is 0 Å². The van der Waals surface area contributed by atoms with Crippen LogP contribution in [-0.2, 0) is 4.74 Å².